The third-order valence-corrected chi connectivity index (χ3v) is 2.56. The molecule has 1 N–H and O–H groups in total. The lowest BCUT2D eigenvalue weighted by atomic mass is 9.86. The van der Waals surface area contributed by atoms with E-state index in [0.717, 1.165) is 0 Å². The topological polar surface area (TPSA) is 63.4 Å². The summed E-state index contributed by atoms with van der Waals surface area (Å²) in [5.74, 6) is -0.00600. The van der Waals surface area contributed by atoms with Gasteiger partial charge in [-0.25, -0.2) is 0 Å². The first kappa shape index (κ1) is 8.31. The van der Waals surface area contributed by atoms with Crippen molar-refractivity contribution in [2.24, 2.45) is 0 Å². The third kappa shape index (κ3) is 1.06. The number of hydrogen-bond donors (Lipinski definition) is 1. The number of nitro benzene ring substituents is 1. The first-order chi connectivity index (χ1) is 6.11. The van der Waals surface area contributed by atoms with Gasteiger partial charge in [-0.3, -0.25) is 10.1 Å². The van der Waals surface area contributed by atoms with Crippen LogP contribution >= 0.6 is 11.6 Å². The molecule has 0 aromatic heterocycles. The van der Waals surface area contributed by atoms with E-state index in [1.54, 1.807) is 0 Å². The Labute approximate surface area is 78.9 Å². The number of aromatic hydroxyl groups is 1. The van der Waals surface area contributed by atoms with E-state index in [-0.39, 0.29) is 16.5 Å². The largest absolute Gasteiger partial charge is 0.506 e. The molecule has 0 fully saturated rings. The summed E-state index contributed by atoms with van der Waals surface area (Å²) in [5.41, 5.74) is 1.26. The zero-order chi connectivity index (χ0) is 9.59. The summed E-state index contributed by atoms with van der Waals surface area (Å²) < 4.78 is 0. The highest BCUT2D eigenvalue weighted by molar-refractivity contribution is 6.32. The van der Waals surface area contributed by atoms with E-state index in [1.165, 1.54) is 6.07 Å². The molecule has 0 spiro atoms. The van der Waals surface area contributed by atoms with Crippen LogP contribution in [0.1, 0.15) is 11.1 Å². The normalized spacial score (nSPS) is 13.3. The van der Waals surface area contributed by atoms with Crippen LogP contribution in [-0.2, 0) is 12.8 Å². The summed E-state index contributed by atoms with van der Waals surface area (Å²) in [6.07, 6.45) is 1.32. The fourth-order valence-corrected chi connectivity index (χ4v) is 1.72. The van der Waals surface area contributed by atoms with E-state index in [9.17, 15) is 15.2 Å². The maximum atomic E-state index is 10.5. The molecule has 5 heteroatoms. The molecule has 0 saturated carbocycles. The highest BCUT2D eigenvalue weighted by atomic mass is 35.5. The molecule has 0 radical (unpaired) electrons. The lowest BCUT2D eigenvalue weighted by Gasteiger charge is -2.19. The molecule has 0 atom stereocenters. The zero-order valence-electron chi connectivity index (χ0n) is 6.58. The molecular formula is C8H6ClNO3. The van der Waals surface area contributed by atoms with Gasteiger partial charge in [0.2, 0.25) is 0 Å². The van der Waals surface area contributed by atoms with Crippen LogP contribution in [0.2, 0.25) is 5.02 Å². The Morgan fingerprint density at radius 3 is 2.54 bits per heavy atom. The van der Waals surface area contributed by atoms with Crippen LogP contribution in [0.5, 0.6) is 5.75 Å². The fourth-order valence-electron chi connectivity index (χ4n) is 1.50. The molecule has 4 nitrogen and oxygen atoms in total. The SMILES string of the molecule is O=[N+]([O-])c1cc(Cl)c(O)c2c1CC2. The van der Waals surface area contributed by atoms with Crippen LogP contribution in [0, 0.1) is 10.1 Å². The van der Waals surface area contributed by atoms with Gasteiger partial charge in [-0.2, -0.15) is 0 Å². The molecule has 1 aliphatic carbocycles. The van der Waals surface area contributed by atoms with Gasteiger partial charge in [-0.05, 0) is 12.8 Å². The van der Waals surface area contributed by atoms with Crippen molar-refractivity contribution in [2.75, 3.05) is 0 Å². The predicted octanol–water partition coefficient (Wildman–Crippen LogP) is 2.05. The second-order valence-electron chi connectivity index (χ2n) is 2.94. The van der Waals surface area contributed by atoms with Crippen LogP contribution in [0.25, 0.3) is 0 Å². The highest BCUT2D eigenvalue weighted by Gasteiger charge is 2.29. The first-order valence-electron chi connectivity index (χ1n) is 3.79. The van der Waals surface area contributed by atoms with Gasteiger partial charge in [0, 0.05) is 17.2 Å². The average molecular weight is 200 g/mol. The lowest BCUT2D eigenvalue weighted by Crippen LogP contribution is -2.11. The molecule has 68 valence electrons. The van der Waals surface area contributed by atoms with Crippen molar-refractivity contribution in [3.05, 3.63) is 32.3 Å². The number of hydrogen-bond acceptors (Lipinski definition) is 3. The Bertz CT molecular complexity index is 403. The molecule has 1 aromatic rings. The summed E-state index contributed by atoms with van der Waals surface area (Å²) in [5, 5.41) is 20.0. The van der Waals surface area contributed by atoms with E-state index < -0.39 is 4.92 Å². The number of halogens is 1. The van der Waals surface area contributed by atoms with Crippen molar-refractivity contribution in [3.8, 4) is 5.75 Å². The molecule has 0 saturated heterocycles. The number of nitrogens with zero attached hydrogens (tertiary/aromatic N) is 1. The molecule has 0 bridgehead atoms. The van der Waals surface area contributed by atoms with Gasteiger partial charge in [-0.1, -0.05) is 11.6 Å². The minimum absolute atomic E-state index is 0.00600. The van der Waals surface area contributed by atoms with Gasteiger partial charge >= 0.3 is 0 Å². The van der Waals surface area contributed by atoms with Crippen molar-refractivity contribution in [3.63, 3.8) is 0 Å². The molecule has 0 amide bonds. The van der Waals surface area contributed by atoms with Crippen LogP contribution in [0.3, 0.4) is 0 Å². The van der Waals surface area contributed by atoms with Gasteiger partial charge in [0.1, 0.15) is 5.75 Å². The quantitative estimate of drug-likeness (QED) is 0.556. The molecule has 1 aliphatic rings. The Morgan fingerprint density at radius 2 is 2.08 bits per heavy atom. The van der Waals surface area contributed by atoms with Crippen molar-refractivity contribution >= 4 is 17.3 Å². The second-order valence-corrected chi connectivity index (χ2v) is 3.35. The maximum absolute atomic E-state index is 10.5. The van der Waals surface area contributed by atoms with Crippen molar-refractivity contribution in [2.45, 2.75) is 12.8 Å². The fraction of sp³-hybridized carbons (Fsp3) is 0.250. The molecule has 2 rings (SSSR count). The van der Waals surface area contributed by atoms with Crippen LogP contribution in [-0.4, -0.2) is 10.0 Å². The Kier molecular flexibility index (Phi) is 1.66. The van der Waals surface area contributed by atoms with Crippen LogP contribution in [0.15, 0.2) is 6.07 Å². The van der Waals surface area contributed by atoms with Crippen molar-refractivity contribution in [1.82, 2.24) is 0 Å². The average Bonchev–Trinajstić information content (AvgIpc) is 1.98. The van der Waals surface area contributed by atoms with Gasteiger partial charge in [0.25, 0.3) is 5.69 Å². The molecule has 13 heavy (non-hydrogen) atoms. The number of phenols is 1. The molecule has 0 heterocycles. The maximum Gasteiger partial charge on any atom is 0.274 e. The number of rotatable bonds is 1. The van der Waals surface area contributed by atoms with E-state index >= 15 is 0 Å². The summed E-state index contributed by atoms with van der Waals surface area (Å²) >= 11 is 5.61. The third-order valence-electron chi connectivity index (χ3n) is 2.27. The van der Waals surface area contributed by atoms with Gasteiger partial charge in [0.15, 0.2) is 0 Å². The molecule has 1 aromatic carbocycles. The summed E-state index contributed by atoms with van der Waals surface area (Å²) in [7, 11) is 0. The van der Waals surface area contributed by atoms with Gasteiger partial charge in [-0.15, -0.1) is 0 Å². The summed E-state index contributed by atoms with van der Waals surface area (Å²) in [6, 6.07) is 1.20. The van der Waals surface area contributed by atoms with E-state index in [4.69, 9.17) is 11.6 Å². The van der Waals surface area contributed by atoms with Crippen molar-refractivity contribution < 1.29 is 10.0 Å². The second kappa shape index (κ2) is 2.60. The molecule has 0 unspecified atom stereocenters. The molecule has 0 aliphatic heterocycles. The minimum Gasteiger partial charge on any atom is -0.506 e. The summed E-state index contributed by atoms with van der Waals surface area (Å²) in [6.45, 7) is 0. The first-order valence-corrected chi connectivity index (χ1v) is 4.16. The van der Waals surface area contributed by atoms with E-state index in [0.29, 0.717) is 24.0 Å². The Balaban J connectivity index is 2.68. The number of phenolic OH excluding ortho intramolecular Hbond substituents is 1. The predicted molar refractivity (Wildman–Crippen MR) is 47.2 cm³/mol. The Hall–Kier alpha value is -1.29. The Morgan fingerprint density at radius 1 is 1.46 bits per heavy atom. The van der Waals surface area contributed by atoms with Crippen molar-refractivity contribution in [1.29, 1.82) is 0 Å². The molecular weight excluding hydrogens is 194 g/mol. The van der Waals surface area contributed by atoms with Gasteiger partial charge < -0.3 is 5.11 Å². The van der Waals surface area contributed by atoms with E-state index in [2.05, 4.69) is 0 Å². The number of benzene rings is 1. The smallest absolute Gasteiger partial charge is 0.274 e. The lowest BCUT2D eigenvalue weighted by molar-refractivity contribution is -0.385. The van der Waals surface area contributed by atoms with E-state index in [1.807, 2.05) is 0 Å². The number of nitro groups is 1. The minimum atomic E-state index is -0.469. The summed E-state index contributed by atoms with van der Waals surface area (Å²) in [4.78, 5) is 10.1. The standard InChI is InChI=1S/C8H6ClNO3/c9-6-3-7(10(12)13)4-1-2-5(4)8(6)11/h3,11H,1-2H2. The number of fused-ring (bicyclic) bond motifs is 1. The van der Waals surface area contributed by atoms with Gasteiger partial charge in [0.05, 0.1) is 9.95 Å². The van der Waals surface area contributed by atoms with Crippen LogP contribution in [0.4, 0.5) is 5.69 Å². The zero-order valence-corrected chi connectivity index (χ0v) is 7.34. The monoisotopic (exact) mass is 199 g/mol. The highest BCUT2D eigenvalue weighted by Crippen LogP contribution is 2.42. The van der Waals surface area contributed by atoms with Crippen LogP contribution < -0.4 is 0 Å².